The number of rotatable bonds is 3. The van der Waals surface area contributed by atoms with Crippen LogP contribution in [0.5, 0.6) is 0 Å². The third kappa shape index (κ3) is 2.11. The summed E-state index contributed by atoms with van der Waals surface area (Å²) in [6, 6.07) is 6.66. The lowest BCUT2D eigenvalue weighted by molar-refractivity contribution is -0.146. The molecule has 1 aromatic carbocycles. The van der Waals surface area contributed by atoms with E-state index in [1.807, 2.05) is 25.1 Å². The lowest BCUT2D eigenvalue weighted by Gasteiger charge is -2.23. The van der Waals surface area contributed by atoms with Crippen LogP contribution in [0.15, 0.2) is 36.4 Å². The van der Waals surface area contributed by atoms with Crippen LogP contribution in [0, 0.1) is 30.6 Å². The first kappa shape index (κ1) is 15.1. The van der Waals surface area contributed by atoms with Crippen molar-refractivity contribution in [1.82, 2.24) is 4.90 Å². The molecule has 124 valence electrons. The van der Waals surface area contributed by atoms with E-state index in [0.29, 0.717) is 5.69 Å². The SMILES string of the molecule is Cc1cccc(NC(=O)C(C)N2C(=O)C3C4C=CC(C4)C3C2=O)c1. The van der Waals surface area contributed by atoms with E-state index in [4.69, 9.17) is 0 Å². The zero-order valence-electron chi connectivity index (χ0n) is 13.7. The fraction of sp³-hybridized carbons (Fsp3) is 0.421. The summed E-state index contributed by atoms with van der Waals surface area (Å²) >= 11 is 0. The van der Waals surface area contributed by atoms with Crippen molar-refractivity contribution < 1.29 is 14.4 Å². The van der Waals surface area contributed by atoms with Crippen molar-refractivity contribution in [3.63, 3.8) is 0 Å². The summed E-state index contributed by atoms with van der Waals surface area (Å²) < 4.78 is 0. The van der Waals surface area contributed by atoms with Gasteiger partial charge in [-0.15, -0.1) is 0 Å². The number of nitrogens with zero attached hydrogens (tertiary/aromatic N) is 1. The molecule has 2 bridgehead atoms. The number of imide groups is 1. The van der Waals surface area contributed by atoms with Crippen LogP contribution in [0.1, 0.15) is 18.9 Å². The molecule has 4 rings (SSSR count). The summed E-state index contributed by atoms with van der Waals surface area (Å²) in [6.45, 7) is 3.56. The number of nitrogens with one attached hydrogen (secondary N) is 1. The Kier molecular flexibility index (Phi) is 3.34. The molecule has 3 aliphatic rings. The fourth-order valence-electron chi connectivity index (χ4n) is 4.39. The van der Waals surface area contributed by atoms with Crippen LogP contribution in [0.2, 0.25) is 0 Å². The zero-order chi connectivity index (χ0) is 17.0. The van der Waals surface area contributed by atoms with E-state index in [1.54, 1.807) is 13.0 Å². The predicted molar refractivity (Wildman–Crippen MR) is 88.8 cm³/mol. The molecule has 1 aliphatic heterocycles. The summed E-state index contributed by atoms with van der Waals surface area (Å²) in [7, 11) is 0. The van der Waals surface area contributed by atoms with Gasteiger partial charge in [0.05, 0.1) is 11.8 Å². The number of fused-ring (bicyclic) bond motifs is 5. The Hall–Kier alpha value is -2.43. The second-order valence-corrected chi connectivity index (χ2v) is 7.08. The number of allylic oxidation sites excluding steroid dienone is 2. The highest BCUT2D eigenvalue weighted by Gasteiger charge is 2.60. The van der Waals surface area contributed by atoms with Gasteiger partial charge in [-0.05, 0) is 49.8 Å². The van der Waals surface area contributed by atoms with Crippen molar-refractivity contribution >= 4 is 23.4 Å². The molecule has 24 heavy (non-hydrogen) atoms. The van der Waals surface area contributed by atoms with Crippen LogP contribution in [-0.4, -0.2) is 28.7 Å². The van der Waals surface area contributed by atoms with E-state index < -0.39 is 6.04 Å². The maximum atomic E-state index is 12.7. The van der Waals surface area contributed by atoms with Crippen molar-refractivity contribution in [2.45, 2.75) is 26.3 Å². The summed E-state index contributed by atoms with van der Waals surface area (Å²) in [6.07, 6.45) is 5.00. The van der Waals surface area contributed by atoms with Crippen LogP contribution in [0.25, 0.3) is 0 Å². The molecule has 2 fully saturated rings. The minimum Gasteiger partial charge on any atom is -0.324 e. The number of hydrogen-bond donors (Lipinski definition) is 1. The Morgan fingerprint density at radius 2 is 1.79 bits per heavy atom. The van der Waals surface area contributed by atoms with Crippen LogP contribution >= 0.6 is 0 Å². The maximum absolute atomic E-state index is 12.7. The topological polar surface area (TPSA) is 66.5 Å². The molecular formula is C19H20N2O3. The molecule has 1 N–H and O–H groups in total. The standard InChI is InChI=1S/C19H20N2O3/c1-10-4-3-5-14(8-10)20-17(22)11(2)21-18(23)15-12-6-7-13(9-12)16(15)19(21)24/h3-8,11-13,15-16H,9H2,1-2H3,(H,20,22). The third-order valence-electron chi connectivity index (χ3n) is 5.56. The summed E-state index contributed by atoms with van der Waals surface area (Å²) in [5, 5.41) is 2.80. The smallest absolute Gasteiger partial charge is 0.247 e. The summed E-state index contributed by atoms with van der Waals surface area (Å²) in [4.78, 5) is 39.2. The molecule has 0 aromatic heterocycles. The molecule has 5 atom stereocenters. The number of benzene rings is 1. The number of carbonyl (C=O) groups excluding carboxylic acids is 3. The number of amides is 3. The number of likely N-dealkylation sites (tertiary alicyclic amines) is 1. The van der Waals surface area contributed by atoms with Crippen molar-refractivity contribution in [2.24, 2.45) is 23.7 Å². The first-order chi connectivity index (χ1) is 11.5. The number of aryl methyl sites for hydroxylation is 1. The van der Waals surface area contributed by atoms with Gasteiger partial charge in [0.15, 0.2) is 0 Å². The number of anilines is 1. The van der Waals surface area contributed by atoms with Crippen LogP contribution in [0.4, 0.5) is 5.69 Å². The van der Waals surface area contributed by atoms with Crippen LogP contribution in [-0.2, 0) is 14.4 Å². The molecule has 1 saturated heterocycles. The minimum absolute atomic E-state index is 0.161. The molecule has 0 spiro atoms. The predicted octanol–water partition coefficient (Wildman–Crippen LogP) is 2.13. The van der Waals surface area contributed by atoms with Gasteiger partial charge in [0.25, 0.3) is 0 Å². The highest BCUT2D eigenvalue weighted by molar-refractivity contribution is 6.10. The van der Waals surface area contributed by atoms with Gasteiger partial charge in [-0.25, -0.2) is 0 Å². The van der Waals surface area contributed by atoms with E-state index in [-0.39, 0.29) is 41.4 Å². The Labute approximate surface area is 140 Å². The molecule has 1 saturated carbocycles. The zero-order valence-corrected chi connectivity index (χ0v) is 13.7. The van der Waals surface area contributed by atoms with Gasteiger partial charge in [0, 0.05) is 5.69 Å². The lowest BCUT2D eigenvalue weighted by atomic mass is 9.85. The van der Waals surface area contributed by atoms with Gasteiger partial charge in [0.1, 0.15) is 6.04 Å². The van der Waals surface area contributed by atoms with Crippen LogP contribution in [0.3, 0.4) is 0 Å². The van der Waals surface area contributed by atoms with E-state index >= 15 is 0 Å². The summed E-state index contributed by atoms with van der Waals surface area (Å²) in [5.41, 5.74) is 1.71. The van der Waals surface area contributed by atoms with Gasteiger partial charge in [-0.2, -0.15) is 0 Å². The molecular weight excluding hydrogens is 304 g/mol. The van der Waals surface area contributed by atoms with E-state index in [2.05, 4.69) is 17.5 Å². The largest absolute Gasteiger partial charge is 0.324 e. The Morgan fingerprint density at radius 1 is 1.17 bits per heavy atom. The van der Waals surface area contributed by atoms with Gasteiger partial charge >= 0.3 is 0 Å². The number of hydrogen-bond acceptors (Lipinski definition) is 3. The van der Waals surface area contributed by atoms with E-state index in [9.17, 15) is 14.4 Å². The Balaban J connectivity index is 1.52. The molecule has 2 aliphatic carbocycles. The van der Waals surface area contributed by atoms with Gasteiger partial charge in [0.2, 0.25) is 17.7 Å². The van der Waals surface area contributed by atoms with Crippen molar-refractivity contribution in [3.8, 4) is 0 Å². The van der Waals surface area contributed by atoms with E-state index in [1.165, 1.54) is 4.90 Å². The van der Waals surface area contributed by atoms with E-state index in [0.717, 1.165) is 12.0 Å². The molecule has 5 nitrogen and oxygen atoms in total. The van der Waals surface area contributed by atoms with Gasteiger partial charge < -0.3 is 5.32 Å². The average molecular weight is 324 g/mol. The second kappa shape index (κ2) is 5.30. The first-order valence-corrected chi connectivity index (χ1v) is 8.40. The Bertz CT molecular complexity index is 740. The third-order valence-corrected chi connectivity index (χ3v) is 5.56. The van der Waals surface area contributed by atoms with Gasteiger partial charge in [-0.3, -0.25) is 19.3 Å². The quantitative estimate of drug-likeness (QED) is 0.684. The molecule has 1 heterocycles. The molecule has 1 aromatic rings. The van der Waals surface area contributed by atoms with Crippen molar-refractivity contribution in [1.29, 1.82) is 0 Å². The fourth-order valence-corrected chi connectivity index (χ4v) is 4.39. The number of carbonyl (C=O) groups is 3. The van der Waals surface area contributed by atoms with Crippen LogP contribution < -0.4 is 5.32 Å². The second-order valence-electron chi connectivity index (χ2n) is 7.08. The lowest BCUT2D eigenvalue weighted by Crippen LogP contribution is -2.46. The Morgan fingerprint density at radius 3 is 2.38 bits per heavy atom. The first-order valence-electron chi connectivity index (χ1n) is 8.40. The molecule has 5 unspecified atom stereocenters. The highest BCUT2D eigenvalue weighted by Crippen LogP contribution is 2.52. The molecule has 0 radical (unpaired) electrons. The normalized spacial score (nSPS) is 31.5. The molecule has 3 amide bonds. The maximum Gasteiger partial charge on any atom is 0.247 e. The minimum atomic E-state index is -0.796. The monoisotopic (exact) mass is 324 g/mol. The average Bonchev–Trinajstić information content (AvgIpc) is 3.21. The van der Waals surface area contributed by atoms with Crippen molar-refractivity contribution in [3.05, 3.63) is 42.0 Å². The molecule has 5 heteroatoms. The van der Waals surface area contributed by atoms with Gasteiger partial charge in [-0.1, -0.05) is 24.3 Å². The highest BCUT2D eigenvalue weighted by atomic mass is 16.2. The summed E-state index contributed by atoms with van der Waals surface area (Å²) in [5.74, 6) is -0.907. The van der Waals surface area contributed by atoms with Crippen molar-refractivity contribution in [2.75, 3.05) is 5.32 Å².